The Morgan fingerprint density at radius 3 is 2.21 bits per heavy atom. The summed E-state index contributed by atoms with van der Waals surface area (Å²) >= 11 is 0. The predicted molar refractivity (Wildman–Crippen MR) is 133 cm³/mol. The smallest absolute Gasteiger partial charge is 0.309 e. The molecule has 186 valence electrons. The lowest BCUT2D eigenvalue weighted by molar-refractivity contribution is -0.203. The molecular formula is C30H48O3. The van der Waals surface area contributed by atoms with Gasteiger partial charge in [0.15, 0.2) is 0 Å². The van der Waals surface area contributed by atoms with E-state index < -0.39 is 11.4 Å². The quantitative estimate of drug-likeness (QED) is 0.409. The average molecular weight is 457 g/mol. The van der Waals surface area contributed by atoms with Crippen LogP contribution in [0.25, 0.3) is 0 Å². The van der Waals surface area contributed by atoms with Gasteiger partial charge in [-0.25, -0.2) is 0 Å². The lowest BCUT2D eigenvalue weighted by atomic mass is 9.33. The van der Waals surface area contributed by atoms with Gasteiger partial charge in [0.2, 0.25) is 0 Å². The van der Waals surface area contributed by atoms with E-state index in [1.807, 2.05) is 6.92 Å². The van der Waals surface area contributed by atoms with Gasteiger partial charge < -0.3 is 10.2 Å². The number of hydrogen-bond donors (Lipinski definition) is 2. The highest BCUT2D eigenvalue weighted by atomic mass is 16.4. The third-order valence-electron chi connectivity index (χ3n) is 13.3. The first-order valence-electron chi connectivity index (χ1n) is 13.8. The number of hydrogen-bond acceptors (Lipinski definition) is 2. The second-order valence-corrected chi connectivity index (χ2v) is 14.9. The van der Waals surface area contributed by atoms with Crippen LogP contribution in [0.3, 0.4) is 0 Å². The van der Waals surface area contributed by atoms with E-state index in [0.717, 1.165) is 38.5 Å². The average Bonchev–Trinajstić information content (AvgIpc) is 2.73. The molecule has 3 nitrogen and oxygen atoms in total. The largest absolute Gasteiger partial charge is 0.481 e. The molecule has 0 amide bonds. The molecule has 3 heteroatoms. The van der Waals surface area contributed by atoms with Gasteiger partial charge in [-0.1, -0.05) is 53.2 Å². The summed E-state index contributed by atoms with van der Waals surface area (Å²) in [5.41, 5.74) is 1.94. The standard InChI is InChI=1S/C30H48O3/c1-25(2)21-10-13-30(7)22(28(21,5)12-11-23(25)31)9-8-19-20-18-27(4,24(32)33)15-14-26(20,3)16-17-29(19,30)6/h8,20-23,31H,9-18H2,1-7H3,(H,32,33)/t20-,21?,22+,23-,26+,27?,28-,29+,30+/m0/s1. The lowest BCUT2D eigenvalue weighted by Gasteiger charge is -2.71. The number of fused-ring (bicyclic) bond motifs is 7. The molecule has 5 aliphatic rings. The fourth-order valence-electron chi connectivity index (χ4n) is 10.5. The molecule has 0 spiro atoms. The van der Waals surface area contributed by atoms with E-state index in [1.54, 1.807) is 5.57 Å². The van der Waals surface area contributed by atoms with Crippen molar-refractivity contribution in [3.05, 3.63) is 11.6 Å². The predicted octanol–water partition coefficient (Wildman–Crippen LogP) is 7.23. The molecule has 0 saturated heterocycles. The third kappa shape index (κ3) is 2.87. The molecule has 4 saturated carbocycles. The Kier molecular flexibility index (Phi) is 4.99. The zero-order valence-corrected chi connectivity index (χ0v) is 22.3. The molecular weight excluding hydrogens is 408 g/mol. The monoisotopic (exact) mass is 456 g/mol. The van der Waals surface area contributed by atoms with Crippen molar-refractivity contribution in [3.8, 4) is 0 Å². The Balaban J connectivity index is 1.57. The highest BCUT2D eigenvalue weighted by Gasteiger charge is 2.68. The van der Waals surface area contributed by atoms with Crippen LogP contribution in [0.1, 0.15) is 113 Å². The van der Waals surface area contributed by atoms with Crippen molar-refractivity contribution < 1.29 is 15.0 Å². The summed E-state index contributed by atoms with van der Waals surface area (Å²) in [4.78, 5) is 12.2. The van der Waals surface area contributed by atoms with Crippen molar-refractivity contribution in [3.63, 3.8) is 0 Å². The molecule has 2 N–H and O–H groups in total. The molecule has 4 fully saturated rings. The molecule has 0 aromatic heterocycles. The van der Waals surface area contributed by atoms with E-state index in [-0.39, 0.29) is 33.2 Å². The molecule has 0 aromatic carbocycles. The summed E-state index contributed by atoms with van der Waals surface area (Å²) in [5.74, 6) is 1.01. The Morgan fingerprint density at radius 1 is 0.879 bits per heavy atom. The van der Waals surface area contributed by atoms with Crippen LogP contribution in [-0.4, -0.2) is 22.3 Å². The fraction of sp³-hybridized carbons (Fsp3) is 0.900. The van der Waals surface area contributed by atoms with Crippen LogP contribution in [0.5, 0.6) is 0 Å². The number of carboxylic acids is 1. The summed E-state index contributed by atoms with van der Waals surface area (Å²) in [5, 5.41) is 20.9. The van der Waals surface area contributed by atoms with Gasteiger partial charge in [0, 0.05) is 0 Å². The minimum absolute atomic E-state index is 0.0168. The van der Waals surface area contributed by atoms with Crippen LogP contribution in [-0.2, 0) is 4.79 Å². The zero-order valence-electron chi connectivity index (χ0n) is 22.3. The van der Waals surface area contributed by atoms with E-state index in [0.29, 0.717) is 17.8 Å². The van der Waals surface area contributed by atoms with Crippen molar-refractivity contribution >= 4 is 5.97 Å². The Labute approximate surface area is 201 Å². The van der Waals surface area contributed by atoms with Crippen molar-refractivity contribution in [1.82, 2.24) is 0 Å². The zero-order chi connectivity index (χ0) is 24.2. The molecule has 0 bridgehead atoms. The van der Waals surface area contributed by atoms with Gasteiger partial charge in [-0.3, -0.25) is 4.79 Å². The van der Waals surface area contributed by atoms with Gasteiger partial charge >= 0.3 is 5.97 Å². The number of aliphatic hydroxyl groups is 1. The van der Waals surface area contributed by atoms with Crippen molar-refractivity contribution in [1.29, 1.82) is 0 Å². The van der Waals surface area contributed by atoms with Crippen molar-refractivity contribution in [2.75, 3.05) is 0 Å². The molecule has 5 aliphatic carbocycles. The van der Waals surface area contributed by atoms with Crippen LogP contribution in [0.2, 0.25) is 0 Å². The topological polar surface area (TPSA) is 57.5 Å². The van der Waals surface area contributed by atoms with Crippen LogP contribution in [0.4, 0.5) is 0 Å². The second-order valence-electron chi connectivity index (χ2n) is 14.9. The van der Waals surface area contributed by atoms with Gasteiger partial charge in [-0.2, -0.15) is 0 Å². The normalized spacial score (nSPS) is 55.3. The van der Waals surface area contributed by atoms with Gasteiger partial charge in [-0.05, 0) is 116 Å². The number of allylic oxidation sites excluding steroid dienone is 2. The Morgan fingerprint density at radius 2 is 1.55 bits per heavy atom. The first-order valence-corrected chi connectivity index (χ1v) is 13.8. The fourth-order valence-corrected chi connectivity index (χ4v) is 10.5. The summed E-state index contributed by atoms with van der Waals surface area (Å²) in [7, 11) is 0. The number of carboxylic acid groups (broad SMARTS) is 1. The maximum absolute atomic E-state index is 12.2. The van der Waals surface area contributed by atoms with Crippen LogP contribution >= 0.6 is 0 Å². The molecule has 5 rings (SSSR count). The van der Waals surface area contributed by atoms with E-state index in [2.05, 4.69) is 47.6 Å². The highest BCUT2D eigenvalue weighted by Crippen LogP contribution is 2.75. The minimum atomic E-state index is -0.603. The number of rotatable bonds is 1. The van der Waals surface area contributed by atoms with E-state index in [4.69, 9.17) is 0 Å². The molecule has 0 aromatic rings. The summed E-state index contributed by atoms with van der Waals surface area (Å²) in [6.07, 6.45) is 13.2. The van der Waals surface area contributed by atoms with Gasteiger partial charge in [0.05, 0.1) is 11.5 Å². The number of aliphatic hydroxyl groups excluding tert-OH is 1. The molecule has 0 radical (unpaired) electrons. The number of aliphatic carboxylic acids is 1. The number of carbonyl (C=O) groups is 1. The molecule has 0 aliphatic heterocycles. The summed E-state index contributed by atoms with van der Waals surface area (Å²) in [6.45, 7) is 16.8. The molecule has 9 atom stereocenters. The Bertz CT molecular complexity index is 889. The van der Waals surface area contributed by atoms with Crippen molar-refractivity contribution in [2.45, 2.75) is 119 Å². The molecule has 0 heterocycles. The first-order chi connectivity index (χ1) is 15.1. The SMILES string of the molecule is CC1(C(=O)O)CC[C@]2(C)CC[C@]3(C)C(=CC[C@@H]4[C@@]5(C)CC[C@H](O)C(C)(C)C5CC[C@]43C)[C@@H]2C1. The van der Waals surface area contributed by atoms with E-state index in [1.165, 1.54) is 25.7 Å². The highest BCUT2D eigenvalue weighted by molar-refractivity contribution is 5.74. The first kappa shape index (κ1) is 23.9. The maximum atomic E-state index is 12.2. The van der Waals surface area contributed by atoms with E-state index in [9.17, 15) is 15.0 Å². The maximum Gasteiger partial charge on any atom is 0.309 e. The van der Waals surface area contributed by atoms with Crippen molar-refractivity contribution in [2.24, 2.45) is 50.2 Å². The Hall–Kier alpha value is -0.830. The van der Waals surface area contributed by atoms with Gasteiger partial charge in [0.1, 0.15) is 0 Å². The minimum Gasteiger partial charge on any atom is -0.481 e. The van der Waals surface area contributed by atoms with Crippen LogP contribution in [0, 0.1) is 50.2 Å². The van der Waals surface area contributed by atoms with Crippen LogP contribution < -0.4 is 0 Å². The molecule has 2 unspecified atom stereocenters. The summed E-state index contributed by atoms with van der Waals surface area (Å²) in [6, 6.07) is 0. The van der Waals surface area contributed by atoms with Crippen LogP contribution in [0.15, 0.2) is 11.6 Å². The van der Waals surface area contributed by atoms with Gasteiger partial charge in [0.25, 0.3) is 0 Å². The molecule has 33 heavy (non-hydrogen) atoms. The van der Waals surface area contributed by atoms with E-state index >= 15 is 0 Å². The lowest BCUT2D eigenvalue weighted by Crippen LogP contribution is -2.64. The van der Waals surface area contributed by atoms with Gasteiger partial charge in [-0.15, -0.1) is 0 Å². The third-order valence-corrected chi connectivity index (χ3v) is 13.3. The summed E-state index contributed by atoms with van der Waals surface area (Å²) < 4.78 is 0. The second kappa shape index (κ2) is 6.89.